The minimum absolute atomic E-state index is 0.294. The van der Waals surface area contributed by atoms with Crippen molar-refractivity contribution in [3.63, 3.8) is 0 Å². The lowest BCUT2D eigenvalue weighted by atomic mass is 9.88. The molecule has 4 rings (SSSR count). The molecule has 0 amide bonds. The van der Waals surface area contributed by atoms with Gasteiger partial charge in [0.25, 0.3) is 0 Å². The van der Waals surface area contributed by atoms with E-state index in [-0.39, 0.29) is 0 Å². The molecule has 3 fully saturated rings. The molecule has 0 spiro atoms. The Kier molecular flexibility index (Phi) is 5.08. The molecule has 3 aliphatic rings. The first-order chi connectivity index (χ1) is 13.2. The SMILES string of the molecule is C\C=C/C(=N\C(=C\CC)N1CC2(CN)CCC1C2)Nc1cc(C2CC2)[nH]n1. The maximum absolute atomic E-state index is 6.11. The number of piperidine rings is 1. The molecule has 2 saturated carbocycles. The van der Waals surface area contributed by atoms with Crippen LogP contribution in [0.5, 0.6) is 0 Å². The Morgan fingerprint density at radius 1 is 1.48 bits per heavy atom. The molecule has 2 unspecified atom stereocenters. The first-order valence-corrected chi connectivity index (χ1v) is 10.4. The van der Waals surface area contributed by atoms with E-state index < -0.39 is 0 Å². The number of aromatic amines is 1. The van der Waals surface area contributed by atoms with Crippen molar-refractivity contribution in [2.45, 2.75) is 64.3 Å². The van der Waals surface area contributed by atoms with Crippen molar-refractivity contribution in [3.8, 4) is 0 Å². The van der Waals surface area contributed by atoms with Crippen LogP contribution in [-0.4, -0.2) is 40.1 Å². The summed E-state index contributed by atoms with van der Waals surface area (Å²) in [6.07, 6.45) is 13.4. The normalized spacial score (nSPS) is 28.6. The van der Waals surface area contributed by atoms with Crippen molar-refractivity contribution < 1.29 is 0 Å². The topological polar surface area (TPSA) is 82.3 Å². The van der Waals surface area contributed by atoms with Crippen LogP contribution in [0.15, 0.2) is 35.1 Å². The Hall–Kier alpha value is -2.08. The molecule has 1 aliphatic heterocycles. The first kappa shape index (κ1) is 18.3. The third-order valence-electron chi connectivity index (χ3n) is 6.17. The number of hydrogen-bond acceptors (Lipinski definition) is 4. The van der Waals surface area contributed by atoms with Gasteiger partial charge >= 0.3 is 0 Å². The molecule has 1 saturated heterocycles. The smallest absolute Gasteiger partial charge is 0.153 e. The molecule has 27 heavy (non-hydrogen) atoms. The maximum atomic E-state index is 6.11. The van der Waals surface area contributed by atoms with Gasteiger partial charge in [0.15, 0.2) is 5.82 Å². The second-order valence-corrected chi connectivity index (χ2v) is 8.30. The van der Waals surface area contributed by atoms with Gasteiger partial charge in [0.1, 0.15) is 11.7 Å². The summed E-state index contributed by atoms with van der Waals surface area (Å²) in [6, 6.07) is 2.69. The van der Waals surface area contributed by atoms with E-state index >= 15 is 0 Å². The highest BCUT2D eigenvalue weighted by Gasteiger charge is 2.49. The highest BCUT2D eigenvalue weighted by molar-refractivity contribution is 6.03. The van der Waals surface area contributed by atoms with Gasteiger partial charge < -0.3 is 16.0 Å². The number of aliphatic imine (C=N–C) groups is 1. The van der Waals surface area contributed by atoms with E-state index in [9.17, 15) is 0 Å². The average Bonchev–Trinajstić information content (AvgIpc) is 3.13. The number of anilines is 1. The van der Waals surface area contributed by atoms with Gasteiger partial charge in [-0.1, -0.05) is 13.0 Å². The van der Waals surface area contributed by atoms with Crippen LogP contribution in [0.3, 0.4) is 0 Å². The lowest BCUT2D eigenvalue weighted by molar-refractivity contribution is 0.214. The predicted molar refractivity (Wildman–Crippen MR) is 111 cm³/mol. The molecule has 1 aromatic rings. The largest absolute Gasteiger partial charge is 0.353 e. The van der Waals surface area contributed by atoms with Crippen LogP contribution < -0.4 is 11.1 Å². The summed E-state index contributed by atoms with van der Waals surface area (Å²) >= 11 is 0. The Morgan fingerprint density at radius 3 is 3.00 bits per heavy atom. The van der Waals surface area contributed by atoms with Gasteiger partial charge in [-0.3, -0.25) is 5.10 Å². The van der Waals surface area contributed by atoms with Crippen LogP contribution in [0, 0.1) is 5.41 Å². The lowest BCUT2D eigenvalue weighted by Gasteiger charge is -2.33. The van der Waals surface area contributed by atoms with Crippen molar-refractivity contribution in [1.82, 2.24) is 15.1 Å². The van der Waals surface area contributed by atoms with Crippen LogP contribution in [0.4, 0.5) is 5.82 Å². The zero-order valence-electron chi connectivity index (χ0n) is 16.5. The van der Waals surface area contributed by atoms with E-state index in [2.05, 4.69) is 39.5 Å². The van der Waals surface area contributed by atoms with Gasteiger partial charge in [-0.2, -0.15) is 5.10 Å². The number of nitrogens with two attached hydrogens (primary N) is 1. The summed E-state index contributed by atoms with van der Waals surface area (Å²) in [5.74, 6) is 3.40. The number of likely N-dealkylation sites (tertiary alicyclic amines) is 1. The van der Waals surface area contributed by atoms with Gasteiger partial charge in [-0.25, -0.2) is 4.99 Å². The van der Waals surface area contributed by atoms with Crippen molar-refractivity contribution in [1.29, 1.82) is 0 Å². The van der Waals surface area contributed by atoms with E-state index in [4.69, 9.17) is 10.7 Å². The highest BCUT2D eigenvalue weighted by Crippen LogP contribution is 2.48. The summed E-state index contributed by atoms with van der Waals surface area (Å²) in [5.41, 5.74) is 7.63. The van der Waals surface area contributed by atoms with Crippen LogP contribution >= 0.6 is 0 Å². The second-order valence-electron chi connectivity index (χ2n) is 8.30. The maximum Gasteiger partial charge on any atom is 0.153 e. The molecule has 6 nitrogen and oxygen atoms in total. The molecular weight excluding hydrogens is 336 g/mol. The Bertz CT molecular complexity index is 756. The number of hydrogen-bond donors (Lipinski definition) is 3. The van der Waals surface area contributed by atoms with Gasteiger partial charge in [0.2, 0.25) is 0 Å². The predicted octanol–water partition coefficient (Wildman–Crippen LogP) is 3.74. The Morgan fingerprint density at radius 2 is 2.33 bits per heavy atom. The van der Waals surface area contributed by atoms with Crippen molar-refractivity contribution in [2.75, 3.05) is 18.4 Å². The van der Waals surface area contributed by atoms with Gasteiger partial charge in [-0.05, 0) is 64.1 Å². The molecule has 2 aliphatic carbocycles. The molecule has 2 heterocycles. The van der Waals surface area contributed by atoms with E-state index in [1.54, 1.807) is 0 Å². The van der Waals surface area contributed by atoms with Gasteiger partial charge in [0, 0.05) is 35.7 Å². The van der Waals surface area contributed by atoms with E-state index in [1.165, 1.54) is 37.8 Å². The molecule has 146 valence electrons. The average molecular weight is 369 g/mol. The van der Waals surface area contributed by atoms with Gasteiger partial charge in [0.05, 0.1) is 0 Å². The number of allylic oxidation sites excluding steroid dienone is 2. The second kappa shape index (κ2) is 7.50. The minimum Gasteiger partial charge on any atom is -0.353 e. The number of rotatable bonds is 7. The fourth-order valence-corrected chi connectivity index (χ4v) is 4.53. The van der Waals surface area contributed by atoms with Crippen molar-refractivity contribution >= 4 is 11.7 Å². The summed E-state index contributed by atoms with van der Waals surface area (Å²) in [6.45, 7) is 5.99. The molecule has 0 aromatic carbocycles. The summed E-state index contributed by atoms with van der Waals surface area (Å²) in [4.78, 5) is 7.48. The fourth-order valence-electron chi connectivity index (χ4n) is 4.53. The van der Waals surface area contributed by atoms with Crippen LogP contribution in [0.25, 0.3) is 0 Å². The van der Waals surface area contributed by atoms with E-state index in [1.807, 2.05) is 19.1 Å². The molecule has 6 heteroatoms. The lowest BCUT2D eigenvalue weighted by Crippen LogP contribution is -2.38. The molecule has 0 radical (unpaired) electrons. The zero-order chi connectivity index (χ0) is 18.9. The minimum atomic E-state index is 0.294. The zero-order valence-corrected chi connectivity index (χ0v) is 16.5. The number of fused-ring (bicyclic) bond motifs is 2. The number of H-pyrrole nitrogens is 1. The standard InChI is InChI=1S/C21H32N6/c1-3-5-18(23-19-11-17(25-26-19)15-7-8-15)24-20(6-4-2)27-14-21(13-22)10-9-16(27)12-21/h3,5-6,11,15-16H,4,7-10,12-14,22H2,1-2H3,(H2,23,24,25,26)/b5-3-,20-6-. The fraction of sp³-hybridized carbons (Fsp3) is 0.619. The number of amidine groups is 1. The molecule has 2 atom stereocenters. The Labute approximate surface area is 162 Å². The van der Waals surface area contributed by atoms with Gasteiger partial charge in [-0.15, -0.1) is 0 Å². The molecule has 4 N–H and O–H groups in total. The third kappa shape index (κ3) is 3.81. The van der Waals surface area contributed by atoms with Crippen molar-refractivity contribution in [2.24, 2.45) is 16.1 Å². The number of nitrogens with zero attached hydrogens (tertiary/aromatic N) is 3. The Balaban J connectivity index is 1.54. The quantitative estimate of drug-likeness (QED) is 0.506. The monoisotopic (exact) mass is 368 g/mol. The highest BCUT2D eigenvalue weighted by atomic mass is 15.3. The summed E-state index contributed by atoms with van der Waals surface area (Å²) in [5, 5.41) is 11.0. The van der Waals surface area contributed by atoms with Crippen molar-refractivity contribution in [3.05, 3.63) is 35.8 Å². The van der Waals surface area contributed by atoms with Crippen LogP contribution in [0.2, 0.25) is 0 Å². The van der Waals surface area contributed by atoms with E-state index in [0.29, 0.717) is 17.4 Å². The molecule has 1 aromatic heterocycles. The van der Waals surface area contributed by atoms with Crippen LogP contribution in [-0.2, 0) is 0 Å². The summed E-state index contributed by atoms with van der Waals surface area (Å²) in [7, 11) is 0. The van der Waals surface area contributed by atoms with Crippen LogP contribution in [0.1, 0.15) is 64.0 Å². The number of aromatic nitrogens is 2. The third-order valence-corrected chi connectivity index (χ3v) is 6.17. The summed E-state index contributed by atoms with van der Waals surface area (Å²) < 4.78 is 0. The first-order valence-electron chi connectivity index (χ1n) is 10.4. The van der Waals surface area contributed by atoms with E-state index in [0.717, 1.165) is 37.0 Å². The number of nitrogens with one attached hydrogen (secondary N) is 2. The molecular formula is C21H32N6. The molecule has 2 bridgehead atoms.